The molecule has 0 fully saturated rings. The summed E-state index contributed by atoms with van der Waals surface area (Å²) in [6.07, 6.45) is 1.56. The van der Waals surface area contributed by atoms with E-state index in [1.165, 1.54) is 6.07 Å². The van der Waals surface area contributed by atoms with Gasteiger partial charge in [0.15, 0.2) is 0 Å². The molecule has 0 saturated heterocycles. The van der Waals surface area contributed by atoms with Crippen LogP contribution in [0.4, 0.5) is 4.39 Å². The van der Waals surface area contributed by atoms with Crippen LogP contribution < -0.4 is 5.32 Å². The number of nitrogens with one attached hydrogen (secondary N) is 1. The maximum atomic E-state index is 13.4. The number of hydrogen-bond acceptors (Lipinski definition) is 2. The van der Waals surface area contributed by atoms with Crippen molar-refractivity contribution in [2.45, 2.75) is 45.8 Å². The lowest BCUT2D eigenvalue weighted by molar-refractivity contribution is 0.0989. The van der Waals surface area contributed by atoms with Gasteiger partial charge < -0.3 is 10.4 Å². The lowest BCUT2D eigenvalue weighted by Gasteiger charge is -2.23. The van der Waals surface area contributed by atoms with E-state index in [0.29, 0.717) is 12.5 Å². The van der Waals surface area contributed by atoms with Gasteiger partial charge in [0.25, 0.3) is 0 Å². The predicted molar refractivity (Wildman–Crippen MR) is 77.9 cm³/mol. The summed E-state index contributed by atoms with van der Waals surface area (Å²) in [4.78, 5) is 0. The first-order valence-electron chi connectivity index (χ1n) is 6.85. The van der Waals surface area contributed by atoms with Crippen molar-refractivity contribution < 1.29 is 9.50 Å². The van der Waals surface area contributed by atoms with Gasteiger partial charge >= 0.3 is 0 Å². The highest BCUT2D eigenvalue weighted by Crippen LogP contribution is 2.20. The quantitative estimate of drug-likeness (QED) is 0.796. The minimum absolute atomic E-state index is 0.0178. The van der Waals surface area contributed by atoms with Crippen LogP contribution >= 0.6 is 11.6 Å². The lowest BCUT2D eigenvalue weighted by atomic mass is 9.96. The van der Waals surface area contributed by atoms with Crippen molar-refractivity contribution in [3.05, 3.63) is 34.6 Å². The molecule has 0 aliphatic heterocycles. The monoisotopic (exact) mass is 287 g/mol. The Hall–Kier alpha value is -0.640. The molecule has 0 amide bonds. The van der Waals surface area contributed by atoms with Gasteiger partial charge in [0.1, 0.15) is 5.82 Å². The molecule has 0 radical (unpaired) electrons. The average Bonchev–Trinajstić information content (AvgIpc) is 2.40. The number of aliphatic hydroxyl groups excluding tert-OH is 1. The third kappa shape index (κ3) is 4.75. The summed E-state index contributed by atoms with van der Waals surface area (Å²) in [5.74, 6) is -0.102. The van der Waals surface area contributed by atoms with Gasteiger partial charge in [-0.1, -0.05) is 44.4 Å². The molecule has 2 atom stereocenters. The van der Waals surface area contributed by atoms with Gasteiger partial charge in [-0.3, -0.25) is 0 Å². The van der Waals surface area contributed by atoms with Crippen molar-refractivity contribution in [3.8, 4) is 0 Å². The minimum Gasteiger partial charge on any atom is -0.392 e. The second-order valence-corrected chi connectivity index (χ2v) is 5.35. The predicted octanol–water partition coefficient (Wildman–Crippen LogP) is 3.93. The van der Waals surface area contributed by atoms with E-state index in [9.17, 15) is 9.50 Å². The van der Waals surface area contributed by atoms with E-state index in [0.717, 1.165) is 18.4 Å². The molecule has 0 aliphatic carbocycles. The third-order valence-corrected chi connectivity index (χ3v) is 3.98. The molecule has 2 unspecified atom stereocenters. The zero-order valence-corrected chi connectivity index (χ0v) is 12.5. The zero-order valence-electron chi connectivity index (χ0n) is 11.8. The fourth-order valence-corrected chi connectivity index (χ4v) is 2.31. The van der Waals surface area contributed by atoms with Gasteiger partial charge in [0.2, 0.25) is 0 Å². The Morgan fingerprint density at radius 3 is 2.47 bits per heavy atom. The molecular weight excluding hydrogens is 265 g/mol. The van der Waals surface area contributed by atoms with Crippen LogP contribution in [-0.4, -0.2) is 17.8 Å². The van der Waals surface area contributed by atoms with Crippen LogP contribution in [0.1, 0.15) is 45.2 Å². The van der Waals surface area contributed by atoms with Gasteiger partial charge in [-0.05, 0) is 30.5 Å². The van der Waals surface area contributed by atoms with Gasteiger partial charge in [0, 0.05) is 12.6 Å². The standard InChI is InChI=1S/C15H23ClFNO/c1-4-11(5-2)15(19)9-18-10(3)12-6-7-13(16)14(17)8-12/h6-8,10-11,15,18-19H,4-5,9H2,1-3H3. The summed E-state index contributed by atoms with van der Waals surface area (Å²) in [5, 5.41) is 13.4. The van der Waals surface area contributed by atoms with Gasteiger partial charge in [-0.15, -0.1) is 0 Å². The van der Waals surface area contributed by atoms with Crippen molar-refractivity contribution in [2.24, 2.45) is 5.92 Å². The molecule has 108 valence electrons. The Balaban J connectivity index is 2.55. The van der Waals surface area contributed by atoms with Crippen LogP contribution in [-0.2, 0) is 0 Å². The van der Waals surface area contributed by atoms with Gasteiger partial charge in [-0.2, -0.15) is 0 Å². The molecule has 0 heterocycles. The number of aliphatic hydroxyl groups is 1. The van der Waals surface area contributed by atoms with E-state index in [-0.39, 0.29) is 17.2 Å². The smallest absolute Gasteiger partial charge is 0.142 e. The van der Waals surface area contributed by atoms with E-state index >= 15 is 0 Å². The van der Waals surface area contributed by atoms with E-state index in [1.807, 2.05) is 6.92 Å². The summed E-state index contributed by atoms with van der Waals surface area (Å²) >= 11 is 5.66. The van der Waals surface area contributed by atoms with E-state index in [2.05, 4.69) is 19.2 Å². The van der Waals surface area contributed by atoms with Crippen molar-refractivity contribution in [2.75, 3.05) is 6.54 Å². The molecule has 19 heavy (non-hydrogen) atoms. The number of halogens is 2. The van der Waals surface area contributed by atoms with Crippen LogP contribution in [0, 0.1) is 11.7 Å². The summed E-state index contributed by atoms with van der Waals surface area (Å²) in [7, 11) is 0. The van der Waals surface area contributed by atoms with Crippen LogP contribution in [0.15, 0.2) is 18.2 Å². The Bertz CT molecular complexity index is 396. The average molecular weight is 288 g/mol. The Kier molecular flexibility index (Phi) is 6.76. The van der Waals surface area contributed by atoms with E-state index < -0.39 is 5.82 Å². The molecule has 1 rings (SSSR count). The van der Waals surface area contributed by atoms with Crippen molar-refractivity contribution in [1.29, 1.82) is 0 Å². The number of rotatable bonds is 7. The summed E-state index contributed by atoms with van der Waals surface area (Å²) in [6, 6.07) is 4.77. The largest absolute Gasteiger partial charge is 0.392 e. The first-order valence-corrected chi connectivity index (χ1v) is 7.23. The van der Waals surface area contributed by atoms with Crippen LogP contribution in [0.25, 0.3) is 0 Å². The third-order valence-electron chi connectivity index (χ3n) is 3.67. The molecule has 0 bridgehead atoms. The topological polar surface area (TPSA) is 32.3 Å². The Morgan fingerprint density at radius 2 is 1.95 bits per heavy atom. The molecule has 1 aromatic carbocycles. The van der Waals surface area contributed by atoms with E-state index in [4.69, 9.17) is 11.6 Å². The highest BCUT2D eigenvalue weighted by atomic mass is 35.5. The second kappa shape index (κ2) is 7.83. The normalized spacial score (nSPS) is 14.7. The Labute approximate surface area is 120 Å². The zero-order chi connectivity index (χ0) is 14.4. The molecular formula is C15H23ClFNO. The minimum atomic E-state index is -0.409. The van der Waals surface area contributed by atoms with Crippen molar-refractivity contribution >= 4 is 11.6 Å². The van der Waals surface area contributed by atoms with Crippen molar-refractivity contribution in [1.82, 2.24) is 5.32 Å². The van der Waals surface area contributed by atoms with Crippen molar-refractivity contribution in [3.63, 3.8) is 0 Å². The summed E-state index contributed by atoms with van der Waals surface area (Å²) in [5.41, 5.74) is 0.832. The molecule has 0 aliphatic rings. The molecule has 0 saturated carbocycles. The molecule has 0 aromatic heterocycles. The number of hydrogen-bond donors (Lipinski definition) is 2. The number of benzene rings is 1. The molecule has 4 heteroatoms. The first-order chi connectivity index (χ1) is 8.99. The lowest BCUT2D eigenvalue weighted by Crippen LogP contribution is -2.34. The first kappa shape index (κ1) is 16.4. The fourth-order valence-electron chi connectivity index (χ4n) is 2.20. The summed E-state index contributed by atoms with van der Waals surface area (Å²) in [6.45, 7) is 6.62. The Morgan fingerprint density at radius 1 is 1.32 bits per heavy atom. The maximum Gasteiger partial charge on any atom is 0.142 e. The van der Waals surface area contributed by atoms with Crippen LogP contribution in [0.5, 0.6) is 0 Å². The molecule has 2 nitrogen and oxygen atoms in total. The summed E-state index contributed by atoms with van der Waals surface area (Å²) < 4.78 is 13.4. The second-order valence-electron chi connectivity index (χ2n) is 4.95. The maximum absolute atomic E-state index is 13.4. The fraction of sp³-hybridized carbons (Fsp3) is 0.600. The molecule has 2 N–H and O–H groups in total. The highest BCUT2D eigenvalue weighted by Gasteiger charge is 2.16. The van der Waals surface area contributed by atoms with Gasteiger partial charge in [0.05, 0.1) is 11.1 Å². The van der Waals surface area contributed by atoms with Crippen LogP contribution in [0.3, 0.4) is 0 Å². The highest BCUT2D eigenvalue weighted by molar-refractivity contribution is 6.30. The van der Waals surface area contributed by atoms with Crippen LogP contribution in [0.2, 0.25) is 5.02 Å². The molecule has 0 spiro atoms. The van der Waals surface area contributed by atoms with Gasteiger partial charge in [-0.25, -0.2) is 4.39 Å². The molecule has 1 aromatic rings. The SMILES string of the molecule is CCC(CC)C(O)CNC(C)c1ccc(Cl)c(F)c1. The van der Waals surface area contributed by atoms with E-state index in [1.54, 1.807) is 12.1 Å².